The second-order valence-corrected chi connectivity index (χ2v) is 18.1. The summed E-state index contributed by atoms with van der Waals surface area (Å²) in [4.78, 5) is 41.6. The number of carbonyl (C=O) groups is 2. The molecule has 5 aromatic rings. The molecule has 2 fully saturated rings. The summed E-state index contributed by atoms with van der Waals surface area (Å²) in [5.41, 5.74) is 4.71. The Morgan fingerprint density at radius 1 is 0.589 bits per heavy atom. The van der Waals surface area contributed by atoms with Crippen LogP contribution in [0.4, 0.5) is 21.0 Å². The smallest absolute Gasteiger partial charge is 0.410 e. The fourth-order valence-corrected chi connectivity index (χ4v) is 7.75. The van der Waals surface area contributed by atoms with Crippen LogP contribution in [-0.2, 0) is 9.47 Å². The van der Waals surface area contributed by atoms with Crippen LogP contribution in [0.5, 0.6) is 0 Å². The van der Waals surface area contributed by atoms with Crippen LogP contribution in [0.2, 0.25) is 15.1 Å². The van der Waals surface area contributed by atoms with Gasteiger partial charge in [-0.3, -0.25) is 9.97 Å². The lowest BCUT2D eigenvalue weighted by atomic mass is 10.0. The molecule has 0 bridgehead atoms. The SMILES string of the molecule is CC(C)(C)OC(=O)N1CCN(c2ccnc3cc(Cl)c(-c4ccccc4Cl)cc23)CC1.CC(C)(C)OC(=O)N1CCN(c2ccnc3cc(Cl)c(I)cc23)CC1. The van der Waals surface area contributed by atoms with Gasteiger partial charge in [0.25, 0.3) is 0 Å². The molecule has 56 heavy (non-hydrogen) atoms. The van der Waals surface area contributed by atoms with Gasteiger partial charge >= 0.3 is 12.2 Å². The molecule has 2 aromatic heterocycles. The molecule has 3 aromatic carbocycles. The molecule has 0 atom stereocenters. The standard InChI is InChI=1S/C24H25Cl2N3O2.C18H21ClIN3O2/c1-24(2,3)31-23(30)29-12-10-28(11-13-29)22-8-9-27-21-15-20(26)17(14-18(21)22)16-6-4-5-7-19(16)25;1-18(2,3)25-17(24)23-8-6-22(7-9-23)16-4-5-21-15-11-13(19)14(20)10-12(15)16/h4-9,14-15H,10-13H2,1-3H3;4-5,10-11H,6-9H2,1-3H3. The summed E-state index contributed by atoms with van der Waals surface area (Å²) in [6.07, 6.45) is 3.09. The molecule has 0 aliphatic carbocycles. The molecule has 0 saturated carbocycles. The Labute approximate surface area is 357 Å². The Morgan fingerprint density at radius 3 is 1.50 bits per heavy atom. The third-order valence-electron chi connectivity index (χ3n) is 9.28. The molecule has 296 valence electrons. The number of aromatic nitrogens is 2. The highest BCUT2D eigenvalue weighted by molar-refractivity contribution is 14.1. The van der Waals surface area contributed by atoms with E-state index in [9.17, 15) is 9.59 Å². The minimum absolute atomic E-state index is 0.243. The average Bonchev–Trinajstić information content (AvgIpc) is 3.14. The zero-order valence-electron chi connectivity index (χ0n) is 32.4. The summed E-state index contributed by atoms with van der Waals surface area (Å²) in [7, 11) is 0. The van der Waals surface area contributed by atoms with Gasteiger partial charge in [-0.05, 0) is 107 Å². The van der Waals surface area contributed by atoms with Crippen molar-refractivity contribution in [2.45, 2.75) is 52.7 Å². The quantitative estimate of drug-likeness (QED) is 0.165. The van der Waals surface area contributed by atoms with Crippen LogP contribution in [0, 0.1) is 3.57 Å². The summed E-state index contributed by atoms with van der Waals surface area (Å²) in [5, 5.41) is 4.07. The highest BCUT2D eigenvalue weighted by atomic mass is 127. The van der Waals surface area contributed by atoms with Gasteiger partial charge in [0.05, 0.1) is 21.1 Å². The van der Waals surface area contributed by atoms with Crippen molar-refractivity contribution in [3.8, 4) is 11.1 Å². The Balaban J connectivity index is 0.000000194. The van der Waals surface area contributed by atoms with Gasteiger partial charge in [0.1, 0.15) is 11.2 Å². The molecule has 0 radical (unpaired) electrons. The minimum Gasteiger partial charge on any atom is -0.444 e. The number of nitrogens with zero attached hydrogens (tertiary/aromatic N) is 6. The Morgan fingerprint density at radius 2 is 1.04 bits per heavy atom. The van der Waals surface area contributed by atoms with E-state index in [1.807, 2.05) is 90.1 Å². The topological polar surface area (TPSA) is 91.3 Å². The molecule has 2 aliphatic heterocycles. The van der Waals surface area contributed by atoms with E-state index in [0.29, 0.717) is 54.3 Å². The molecule has 0 N–H and O–H groups in total. The Bertz CT molecular complexity index is 2230. The third kappa shape index (κ3) is 10.2. The van der Waals surface area contributed by atoms with Crippen LogP contribution in [0.15, 0.2) is 73.1 Å². The van der Waals surface area contributed by atoms with Gasteiger partial charge in [0, 0.05) is 107 Å². The molecule has 14 heteroatoms. The second kappa shape index (κ2) is 17.4. The van der Waals surface area contributed by atoms with Crippen LogP contribution < -0.4 is 9.80 Å². The van der Waals surface area contributed by atoms with Gasteiger partial charge in [-0.15, -0.1) is 0 Å². The number of pyridine rings is 2. The minimum atomic E-state index is -0.496. The van der Waals surface area contributed by atoms with Crippen LogP contribution in [-0.4, -0.2) is 95.5 Å². The normalized spacial score (nSPS) is 15.1. The predicted molar refractivity (Wildman–Crippen MR) is 237 cm³/mol. The zero-order valence-corrected chi connectivity index (χ0v) is 36.8. The van der Waals surface area contributed by atoms with Crippen molar-refractivity contribution in [2.75, 3.05) is 62.2 Å². The molecule has 2 aliphatic rings. The summed E-state index contributed by atoms with van der Waals surface area (Å²) in [6, 6.07) is 19.6. The maximum atomic E-state index is 12.4. The number of piperazine rings is 2. The Hall–Kier alpha value is -3.78. The first-order valence-corrected chi connectivity index (χ1v) is 20.7. The van der Waals surface area contributed by atoms with Gasteiger partial charge in [-0.25, -0.2) is 9.59 Å². The van der Waals surface area contributed by atoms with Crippen LogP contribution >= 0.6 is 57.4 Å². The van der Waals surface area contributed by atoms with E-state index >= 15 is 0 Å². The highest BCUT2D eigenvalue weighted by Crippen LogP contribution is 2.38. The third-order valence-corrected chi connectivity index (χ3v) is 11.4. The largest absolute Gasteiger partial charge is 0.444 e. The monoisotopic (exact) mass is 930 g/mol. The summed E-state index contributed by atoms with van der Waals surface area (Å²) < 4.78 is 12.0. The van der Waals surface area contributed by atoms with E-state index in [2.05, 4.69) is 54.5 Å². The number of rotatable bonds is 3. The van der Waals surface area contributed by atoms with Gasteiger partial charge in [0.15, 0.2) is 0 Å². The van der Waals surface area contributed by atoms with E-state index in [1.54, 1.807) is 22.2 Å². The number of carbonyl (C=O) groups excluding carboxylic acids is 2. The van der Waals surface area contributed by atoms with Gasteiger partial charge < -0.3 is 29.1 Å². The van der Waals surface area contributed by atoms with Gasteiger partial charge in [-0.1, -0.05) is 53.0 Å². The van der Waals surface area contributed by atoms with Crippen molar-refractivity contribution in [2.24, 2.45) is 0 Å². The Kier molecular flexibility index (Phi) is 13.0. The first-order chi connectivity index (χ1) is 26.5. The number of anilines is 2. The number of hydrogen-bond acceptors (Lipinski definition) is 8. The number of fused-ring (bicyclic) bond motifs is 2. The predicted octanol–water partition coefficient (Wildman–Crippen LogP) is 10.8. The molecule has 10 nitrogen and oxygen atoms in total. The molecule has 0 unspecified atom stereocenters. The fourth-order valence-electron chi connectivity index (χ4n) is 6.63. The molecule has 2 amide bonds. The van der Waals surface area contributed by atoms with Crippen molar-refractivity contribution >= 4 is 103 Å². The van der Waals surface area contributed by atoms with Gasteiger partial charge in [0.2, 0.25) is 0 Å². The van der Waals surface area contributed by atoms with Crippen LogP contribution in [0.3, 0.4) is 0 Å². The first kappa shape index (κ1) is 41.8. The summed E-state index contributed by atoms with van der Waals surface area (Å²) in [6.45, 7) is 16.7. The number of hydrogen-bond donors (Lipinski definition) is 0. The van der Waals surface area contributed by atoms with E-state index in [-0.39, 0.29) is 12.2 Å². The van der Waals surface area contributed by atoms with E-state index in [4.69, 9.17) is 44.3 Å². The molecule has 0 spiro atoms. The van der Waals surface area contributed by atoms with Crippen molar-refractivity contribution in [3.63, 3.8) is 0 Å². The van der Waals surface area contributed by atoms with E-state index < -0.39 is 11.2 Å². The number of ether oxygens (including phenoxy) is 2. The maximum absolute atomic E-state index is 12.4. The zero-order chi connectivity index (χ0) is 40.4. The number of halogens is 4. The van der Waals surface area contributed by atoms with Crippen LogP contribution in [0.1, 0.15) is 41.5 Å². The number of benzene rings is 3. The highest BCUT2D eigenvalue weighted by Gasteiger charge is 2.28. The second-order valence-electron chi connectivity index (χ2n) is 15.7. The lowest BCUT2D eigenvalue weighted by Gasteiger charge is -2.37. The van der Waals surface area contributed by atoms with E-state index in [0.717, 1.165) is 61.0 Å². The van der Waals surface area contributed by atoms with Crippen molar-refractivity contribution in [3.05, 3.63) is 91.7 Å². The molecular formula is C42H46Cl3IN6O4. The maximum Gasteiger partial charge on any atom is 0.410 e. The molecule has 2 saturated heterocycles. The van der Waals surface area contributed by atoms with Crippen LogP contribution in [0.25, 0.3) is 32.9 Å². The molecule has 7 rings (SSSR count). The molecular weight excluding hydrogens is 886 g/mol. The summed E-state index contributed by atoms with van der Waals surface area (Å²) >= 11 is 21.5. The lowest BCUT2D eigenvalue weighted by molar-refractivity contribution is 0.0230. The average molecular weight is 932 g/mol. The van der Waals surface area contributed by atoms with E-state index in [1.165, 1.54) is 0 Å². The first-order valence-electron chi connectivity index (χ1n) is 18.5. The lowest BCUT2D eigenvalue weighted by Crippen LogP contribution is -2.50. The fraction of sp³-hybridized carbons (Fsp3) is 0.381. The molecule has 4 heterocycles. The summed E-state index contributed by atoms with van der Waals surface area (Å²) in [5.74, 6) is 0. The van der Waals surface area contributed by atoms with Crippen molar-refractivity contribution < 1.29 is 19.1 Å². The number of amides is 2. The van der Waals surface area contributed by atoms with Crippen molar-refractivity contribution in [1.82, 2.24) is 19.8 Å². The van der Waals surface area contributed by atoms with Gasteiger partial charge in [-0.2, -0.15) is 0 Å². The van der Waals surface area contributed by atoms with Crippen molar-refractivity contribution in [1.29, 1.82) is 0 Å².